The molecule has 1 unspecified atom stereocenters. The van der Waals surface area contributed by atoms with Crippen molar-refractivity contribution in [3.8, 4) is 5.75 Å². The van der Waals surface area contributed by atoms with Gasteiger partial charge in [0.05, 0.1) is 19.7 Å². The summed E-state index contributed by atoms with van der Waals surface area (Å²) in [7, 11) is 1.64. The standard InChI is InChI=1S/C16H26N2O3/c1-4-14(21-15-8-6-5-7-13(15)2)11-18-16(19)12-17-9-10-20-3/h5-8,14,17H,4,9-12H2,1-3H3,(H,18,19). The second-order valence-electron chi connectivity index (χ2n) is 4.89. The lowest BCUT2D eigenvalue weighted by Crippen LogP contribution is -2.40. The zero-order valence-electron chi connectivity index (χ0n) is 13.1. The maximum Gasteiger partial charge on any atom is 0.234 e. The van der Waals surface area contributed by atoms with E-state index in [-0.39, 0.29) is 12.0 Å². The summed E-state index contributed by atoms with van der Waals surface area (Å²) in [6.07, 6.45) is 0.820. The van der Waals surface area contributed by atoms with Crippen LogP contribution in [0.3, 0.4) is 0 Å². The number of methoxy groups -OCH3 is 1. The maximum atomic E-state index is 11.7. The number of carbonyl (C=O) groups is 1. The molecule has 0 aliphatic rings. The minimum Gasteiger partial charge on any atom is -0.488 e. The number of hydrogen-bond acceptors (Lipinski definition) is 4. The van der Waals surface area contributed by atoms with Crippen molar-refractivity contribution in [3.63, 3.8) is 0 Å². The number of nitrogens with one attached hydrogen (secondary N) is 2. The molecule has 0 bridgehead atoms. The van der Waals surface area contributed by atoms with E-state index in [0.717, 1.165) is 17.7 Å². The van der Waals surface area contributed by atoms with Crippen molar-refractivity contribution in [3.05, 3.63) is 29.8 Å². The number of amides is 1. The second kappa shape index (κ2) is 10.2. The Kier molecular flexibility index (Phi) is 8.47. The molecule has 0 aliphatic carbocycles. The van der Waals surface area contributed by atoms with Gasteiger partial charge < -0.3 is 20.1 Å². The van der Waals surface area contributed by atoms with Crippen molar-refractivity contribution >= 4 is 5.91 Å². The predicted molar refractivity (Wildman–Crippen MR) is 83.6 cm³/mol. The lowest BCUT2D eigenvalue weighted by atomic mass is 10.2. The maximum absolute atomic E-state index is 11.7. The van der Waals surface area contributed by atoms with Crippen molar-refractivity contribution < 1.29 is 14.3 Å². The summed E-state index contributed by atoms with van der Waals surface area (Å²) in [6, 6.07) is 7.90. The van der Waals surface area contributed by atoms with Crippen LogP contribution in [0.25, 0.3) is 0 Å². The van der Waals surface area contributed by atoms with E-state index in [0.29, 0.717) is 26.2 Å². The van der Waals surface area contributed by atoms with Gasteiger partial charge in [0.1, 0.15) is 11.9 Å². The quantitative estimate of drug-likeness (QED) is 0.642. The third-order valence-corrected chi connectivity index (χ3v) is 3.14. The lowest BCUT2D eigenvalue weighted by molar-refractivity contribution is -0.120. The fraction of sp³-hybridized carbons (Fsp3) is 0.562. The first-order valence-corrected chi connectivity index (χ1v) is 7.36. The van der Waals surface area contributed by atoms with Crippen LogP contribution in [0.2, 0.25) is 0 Å². The van der Waals surface area contributed by atoms with Crippen LogP contribution in [0.4, 0.5) is 0 Å². The van der Waals surface area contributed by atoms with Gasteiger partial charge in [0.2, 0.25) is 5.91 Å². The molecular weight excluding hydrogens is 268 g/mol. The van der Waals surface area contributed by atoms with E-state index in [1.54, 1.807) is 7.11 Å². The molecule has 0 aliphatic heterocycles. The molecule has 2 N–H and O–H groups in total. The molecule has 0 saturated heterocycles. The fourth-order valence-electron chi connectivity index (χ4n) is 1.80. The molecular formula is C16H26N2O3. The first-order valence-electron chi connectivity index (χ1n) is 7.36. The zero-order chi connectivity index (χ0) is 15.5. The Hall–Kier alpha value is -1.59. The predicted octanol–water partition coefficient (Wildman–Crippen LogP) is 1.50. The summed E-state index contributed by atoms with van der Waals surface area (Å²) < 4.78 is 10.8. The minimum absolute atomic E-state index is 0.0194. The molecule has 5 heteroatoms. The number of carbonyl (C=O) groups excluding carboxylic acids is 1. The van der Waals surface area contributed by atoms with Crippen LogP contribution in [0.15, 0.2) is 24.3 Å². The van der Waals surface area contributed by atoms with E-state index >= 15 is 0 Å². The Bertz CT molecular complexity index is 424. The molecule has 0 spiro atoms. The highest BCUT2D eigenvalue weighted by Gasteiger charge is 2.11. The highest BCUT2D eigenvalue weighted by Crippen LogP contribution is 2.18. The first-order chi connectivity index (χ1) is 10.2. The summed E-state index contributed by atoms with van der Waals surface area (Å²) in [5.41, 5.74) is 1.10. The van der Waals surface area contributed by atoms with Gasteiger partial charge in [-0.2, -0.15) is 0 Å². The van der Waals surface area contributed by atoms with Crippen molar-refractivity contribution in [1.82, 2.24) is 10.6 Å². The number of ether oxygens (including phenoxy) is 2. The van der Waals surface area contributed by atoms with Crippen LogP contribution < -0.4 is 15.4 Å². The van der Waals surface area contributed by atoms with Gasteiger partial charge in [-0.25, -0.2) is 0 Å². The molecule has 21 heavy (non-hydrogen) atoms. The monoisotopic (exact) mass is 294 g/mol. The molecule has 1 atom stereocenters. The number of benzene rings is 1. The minimum atomic E-state index is -0.0297. The average Bonchev–Trinajstić information content (AvgIpc) is 2.49. The lowest BCUT2D eigenvalue weighted by Gasteiger charge is -2.19. The van der Waals surface area contributed by atoms with E-state index in [2.05, 4.69) is 10.6 Å². The molecule has 1 aromatic rings. The highest BCUT2D eigenvalue weighted by molar-refractivity contribution is 5.77. The van der Waals surface area contributed by atoms with Crippen LogP contribution >= 0.6 is 0 Å². The van der Waals surface area contributed by atoms with Crippen molar-refractivity contribution in [2.75, 3.05) is 33.4 Å². The topological polar surface area (TPSA) is 59.6 Å². The van der Waals surface area contributed by atoms with Crippen LogP contribution in [-0.2, 0) is 9.53 Å². The molecule has 0 aromatic heterocycles. The average molecular weight is 294 g/mol. The van der Waals surface area contributed by atoms with Gasteiger partial charge in [-0.15, -0.1) is 0 Å². The van der Waals surface area contributed by atoms with Crippen LogP contribution in [-0.4, -0.2) is 45.4 Å². The largest absolute Gasteiger partial charge is 0.488 e. The van der Waals surface area contributed by atoms with Gasteiger partial charge in [-0.05, 0) is 25.0 Å². The number of aryl methyl sites for hydroxylation is 1. The van der Waals surface area contributed by atoms with E-state index in [1.807, 2.05) is 38.1 Å². The van der Waals surface area contributed by atoms with Crippen LogP contribution in [0.1, 0.15) is 18.9 Å². The molecule has 0 fully saturated rings. The Morgan fingerprint density at radius 3 is 2.76 bits per heavy atom. The second-order valence-corrected chi connectivity index (χ2v) is 4.89. The summed E-state index contributed by atoms with van der Waals surface area (Å²) in [5, 5.41) is 5.89. The van der Waals surface area contributed by atoms with Gasteiger partial charge in [-0.3, -0.25) is 4.79 Å². The normalized spacial score (nSPS) is 12.0. The van der Waals surface area contributed by atoms with Gasteiger partial charge >= 0.3 is 0 Å². The molecule has 5 nitrogen and oxygen atoms in total. The van der Waals surface area contributed by atoms with Crippen molar-refractivity contribution in [1.29, 1.82) is 0 Å². The molecule has 0 heterocycles. The summed E-state index contributed by atoms with van der Waals surface area (Å²) in [4.78, 5) is 11.7. The Morgan fingerprint density at radius 2 is 2.10 bits per heavy atom. The van der Waals surface area contributed by atoms with Gasteiger partial charge in [0.15, 0.2) is 0 Å². The molecule has 0 saturated carbocycles. The SMILES string of the molecule is CCC(CNC(=O)CNCCOC)Oc1ccccc1C. The van der Waals surface area contributed by atoms with E-state index in [4.69, 9.17) is 9.47 Å². The summed E-state index contributed by atoms with van der Waals surface area (Å²) in [5.74, 6) is 0.842. The van der Waals surface area contributed by atoms with Crippen LogP contribution in [0.5, 0.6) is 5.75 Å². The van der Waals surface area contributed by atoms with Gasteiger partial charge in [-0.1, -0.05) is 25.1 Å². The van der Waals surface area contributed by atoms with Gasteiger partial charge in [0, 0.05) is 13.7 Å². The van der Waals surface area contributed by atoms with Gasteiger partial charge in [0.25, 0.3) is 0 Å². The van der Waals surface area contributed by atoms with E-state index in [1.165, 1.54) is 0 Å². The molecule has 1 aromatic carbocycles. The third-order valence-electron chi connectivity index (χ3n) is 3.14. The van der Waals surface area contributed by atoms with Crippen molar-refractivity contribution in [2.24, 2.45) is 0 Å². The Labute approximate surface area is 127 Å². The molecule has 1 rings (SSSR count). The first kappa shape index (κ1) is 17.5. The fourth-order valence-corrected chi connectivity index (χ4v) is 1.80. The van der Waals surface area contributed by atoms with Crippen molar-refractivity contribution in [2.45, 2.75) is 26.4 Å². The summed E-state index contributed by atoms with van der Waals surface area (Å²) in [6.45, 7) is 6.13. The van der Waals surface area contributed by atoms with Crippen LogP contribution in [0, 0.1) is 6.92 Å². The zero-order valence-corrected chi connectivity index (χ0v) is 13.1. The Morgan fingerprint density at radius 1 is 1.33 bits per heavy atom. The smallest absolute Gasteiger partial charge is 0.234 e. The number of hydrogen-bond donors (Lipinski definition) is 2. The highest BCUT2D eigenvalue weighted by atomic mass is 16.5. The summed E-state index contributed by atoms with van der Waals surface area (Å²) >= 11 is 0. The molecule has 118 valence electrons. The molecule has 0 radical (unpaired) electrons. The molecule has 1 amide bonds. The van der Waals surface area contributed by atoms with E-state index in [9.17, 15) is 4.79 Å². The Balaban J connectivity index is 2.31. The van der Waals surface area contributed by atoms with E-state index < -0.39 is 0 Å². The number of para-hydroxylation sites is 1. The third kappa shape index (κ3) is 7.11. The number of rotatable bonds is 10.